The van der Waals surface area contributed by atoms with Crippen molar-refractivity contribution in [2.24, 2.45) is 23.7 Å². The summed E-state index contributed by atoms with van der Waals surface area (Å²) in [5, 5.41) is 20.1. The normalized spacial score (nSPS) is 36.7. The van der Waals surface area contributed by atoms with E-state index in [1.54, 1.807) is 30.5 Å². The molecule has 2 aromatic rings. The number of carbonyl (C=O) groups excluding carboxylic acids is 3. The van der Waals surface area contributed by atoms with Crippen molar-refractivity contribution in [2.45, 2.75) is 154 Å². The number of nitrogens with two attached hydrogens (primary N) is 1. The number of esters is 1. The maximum atomic E-state index is 14.3. The average molecular weight is 813 g/mol. The van der Waals surface area contributed by atoms with Crippen molar-refractivity contribution in [1.82, 2.24) is 24.8 Å². The summed E-state index contributed by atoms with van der Waals surface area (Å²) in [5.74, 6) is -3.16. The number of anilines is 1. The molecule has 0 bridgehead atoms. The number of ketones is 1. The third-order valence-electron chi connectivity index (χ3n) is 12.9. The number of Topliss-reactive ketones (excluding diaryl/α,β-unsaturated/α-hetero) is 1. The molecule has 0 saturated carbocycles. The van der Waals surface area contributed by atoms with E-state index in [0.717, 1.165) is 17.7 Å². The number of ether oxygens (including phenoxy) is 5. The molecule has 15 nitrogen and oxygen atoms in total. The smallest absolute Gasteiger partial charge is 0.410 e. The lowest BCUT2D eigenvalue weighted by Crippen LogP contribution is -2.59. The molecule has 0 radical (unpaired) electrons. The number of aliphatic hydroxyl groups excluding tert-OH is 1. The lowest BCUT2D eigenvalue weighted by molar-refractivity contribution is -0.295. The van der Waals surface area contributed by atoms with Gasteiger partial charge < -0.3 is 44.3 Å². The SMILES string of the molecule is CC[C@H]1OC(=O)[C@H](C)C(=O)[C@H](C)[C@@H](O[C@@H]2O[C@H](C)CC(N(C)C)C2O)[C@](C)(OC)CC(C)C[C@H](C)[C@H]2N(CCCCn3cc(-c4cccc(N)c4)nn3)C(=O)O[C@]12C. The molecular formula is C43H68N6O9. The Morgan fingerprint density at radius 1 is 1.05 bits per heavy atom. The summed E-state index contributed by atoms with van der Waals surface area (Å²) in [7, 11) is 5.41. The molecule has 0 spiro atoms. The summed E-state index contributed by atoms with van der Waals surface area (Å²) < 4.78 is 33.4. The molecule has 3 aliphatic heterocycles. The first-order chi connectivity index (χ1) is 27.3. The number of amides is 1. The first-order valence-corrected chi connectivity index (χ1v) is 21.0. The quantitative estimate of drug-likeness (QED) is 0.129. The number of benzene rings is 1. The van der Waals surface area contributed by atoms with Gasteiger partial charge in [0.25, 0.3) is 0 Å². The number of aliphatic hydroxyl groups is 1. The van der Waals surface area contributed by atoms with Gasteiger partial charge in [-0.1, -0.05) is 45.0 Å². The highest BCUT2D eigenvalue weighted by Gasteiger charge is 2.59. The monoisotopic (exact) mass is 813 g/mol. The number of hydrogen-bond acceptors (Lipinski definition) is 13. The van der Waals surface area contributed by atoms with Crippen LogP contribution in [0.2, 0.25) is 0 Å². The average Bonchev–Trinajstić information content (AvgIpc) is 3.75. The van der Waals surface area contributed by atoms with E-state index in [9.17, 15) is 19.5 Å². The standard InChI is InChI=1S/C43H68N6O9/c1-12-34-43(8)37(49(41(53)58-43)19-14-13-18-48-24-32(45-46-48)30-16-15-17-31(44)22-30)26(3)20-25(2)23-42(7,54-11)38(28(5)35(50)29(6)39(52)56-34)57-40-36(51)33(47(9)10)21-27(4)55-40/h15-17,22,24-29,33-34,36-38,40,51H,12-14,18-21,23,44H2,1-11H3/t25?,26-,27+,28-,29+,33?,34+,36?,37+,38+,40-,42+,43+/m0/s1. The van der Waals surface area contributed by atoms with Crippen LogP contribution in [0.1, 0.15) is 93.9 Å². The van der Waals surface area contributed by atoms with E-state index in [0.29, 0.717) is 50.9 Å². The molecule has 13 atom stereocenters. The highest BCUT2D eigenvalue weighted by Crippen LogP contribution is 2.44. The topological polar surface area (TPSA) is 181 Å². The number of hydrogen-bond donors (Lipinski definition) is 2. The molecule has 3 N–H and O–H groups in total. The van der Waals surface area contributed by atoms with E-state index >= 15 is 0 Å². The number of cyclic esters (lactones) is 1. The fourth-order valence-corrected chi connectivity index (χ4v) is 9.83. The number of methoxy groups -OCH3 is 1. The summed E-state index contributed by atoms with van der Waals surface area (Å²) in [6.07, 6.45) is 1.03. The fraction of sp³-hybridized carbons (Fsp3) is 0.744. The van der Waals surface area contributed by atoms with Crippen molar-refractivity contribution in [2.75, 3.05) is 33.5 Å². The Hall–Kier alpha value is -3.63. The predicted octanol–water partition coefficient (Wildman–Crippen LogP) is 5.33. The van der Waals surface area contributed by atoms with E-state index in [1.165, 1.54) is 0 Å². The number of likely N-dealkylation sites (N-methyl/N-ethyl adjacent to an activating group) is 1. The van der Waals surface area contributed by atoms with Gasteiger partial charge in [-0.05, 0) is 104 Å². The van der Waals surface area contributed by atoms with Crippen LogP contribution < -0.4 is 5.73 Å². The summed E-state index contributed by atoms with van der Waals surface area (Å²) in [6.45, 7) is 16.2. The molecule has 1 amide bonds. The van der Waals surface area contributed by atoms with Crippen molar-refractivity contribution in [3.05, 3.63) is 30.5 Å². The molecule has 3 saturated heterocycles. The summed E-state index contributed by atoms with van der Waals surface area (Å²) >= 11 is 0. The van der Waals surface area contributed by atoms with Gasteiger partial charge in [0.2, 0.25) is 0 Å². The van der Waals surface area contributed by atoms with Crippen LogP contribution in [0.5, 0.6) is 0 Å². The Bertz CT molecular complexity index is 1720. The highest BCUT2D eigenvalue weighted by atomic mass is 16.7. The van der Waals surface area contributed by atoms with E-state index in [1.807, 2.05) is 77.2 Å². The van der Waals surface area contributed by atoms with Crippen LogP contribution in [0.4, 0.5) is 10.5 Å². The number of nitrogens with zero attached hydrogens (tertiary/aromatic N) is 5. The number of carbonyl (C=O) groups is 3. The Kier molecular flexibility index (Phi) is 14.7. The zero-order valence-corrected chi connectivity index (χ0v) is 36.4. The zero-order valence-electron chi connectivity index (χ0n) is 36.4. The number of fused-ring (bicyclic) bond motifs is 1. The molecule has 15 heteroatoms. The minimum Gasteiger partial charge on any atom is -0.458 e. The second-order valence-electron chi connectivity index (χ2n) is 17.8. The second-order valence-corrected chi connectivity index (χ2v) is 17.8. The van der Waals surface area contributed by atoms with Crippen molar-refractivity contribution in [3.63, 3.8) is 0 Å². The molecule has 3 unspecified atom stereocenters. The maximum absolute atomic E-state index is 14.3. The van der Waals surface area contributed by atoms with Gasteiger partial charge in [0.1, 0.15) is 23.8 Å². The third-order valence-corrected chi connectivity index (χ3v) is 12.9. The van der Waals surface area contributed by atoms with Crippen LogP contribution in [-0.4, -0.2) is 129 Å². The first kappa shape index (κ1) is 45.5. The highest BCUT2D eigenvalue weighted by molar-refractivity contribution is 6.00. The third kappa shape index (κ3) is 9.70. The summed E-state index contributed by atoms with van der Waals surface area (Å²) in [6, 6.07) is 6.84. The van der Waals surface area contributed by atoms with Crippen LogP contribution in [0.3, 0.4) is 0 Å². The Balaban J connectivity index is 1.40. The van der Waals surface area contributed by atoms with Gasteiger partial charge in [0.05, 0.1) is 30.0 Å². The van der Waals surface area contributed by atoms with Crippen LogP contribution in [-0.2, 0) is 39.8 Å². The van der Waals surface area contributed by atoms with Crippen molar-refractivity contribution >= 4 is 23.5 Å². The van der Waals surface area contributed by atoms with Crippen molar-refractivity contribution in [3.8, 4) is 11.3 Å². The van der Waals surface area contributed by atoms with Crippen molar-refractivity contribution in [1.29, 1.82) is 0 Å². The van der Waals surface area contributed by atoms with Crippen LogP contribution in [0.15, 0.2) is 30.5 Å². The Morgan fingerprint density at radius 2 is 1.76 bits per heavy atom. The molecule has 324 valence electrons. The van der Waals surface area contributed by atoms with Gasteiger partial charge in [0, 0.05) is 43.4 Å². The van der Waals surface area contributed by atoms with Gasteiger partial charge in [-0.25, -0.2) is 4.79 Å². The van der Waals surface area contributed by atoms with Crippen LogP contribution in [0.25, 0.3) is 11.3 Å². The number of aromatic nitrogens is 3. The van der Waals surface area contributed by atoms with Gasteiger partial charge >= 0.3 is 12.1 Å². The number of unbranched alkanes of at least 4 members (excludes halogenated alkanes) is 1. The van der Waals surface area contributed by atoms with Crippen LogP contribution in [0, 0.1) is 23.7 Å². The van der Waals surface area contributed by atoms with E-state index in [2.05, 4.69) is 24.2 Å². The molecule has 1 aromatic carbocycles. The van der Waals surface area contributed by atoms with Gasteiger partial charge in [-0.15, -0.1) is 5.10 Å². The Labute approximate surface area is 344 Å². The summed E-state index contributed by atoms with van der Waals surface area (Å²) in [5.41, 5.74) is 6.02. The number of nitrogen functional groups attached to an aromatic ring is 1. The molecule has 3 fully saturated rings. The molecule has 5 rings (SSSR count). The largest absolute Gasteiger partial charge is 0.458 e. The number of aryl methyl sites for hydroxylation is 1. The molecule has 1 aromatic heterocycles. The van der Waals surface area contributed by atoms with Gasteiger partial charge in [-0.3, -0.25) is 14.3 Å². The van der Waals surface area contributed by atoms with E-state index in [-0.39, 0.29) is 29.8 Å². The van der Waals surface area contributed by atoms with Crippen LogP contribution >= 0.6 is 0 Å². The minimum atomic E-state index is -1.18. The molecule has 0 aliphatic carbocycles. The van der Waals surface area contributed by atoms with Crippen molar-refractivity contribution < 1.29 is 43.2 Å². The van der Waals surface area contributed by atoms with Gasteiger partial charge in [0.15, 0.2) is 17.7 Å². The Morgan fingerprint density at radius 3 is 2.41 bits per heavy atom. The molecule has 4 heterocycles. The minimum absolute atomic E-state index is 0.0188. The molecule has 58 heavy (non-hydrogen) atoms. The lowest BCUT2D eigenvalue weighted by atomic mass is 9.74. The summed E-state index contributed by atoms with van der Waals surface area (Å²) in [4.78, 5) is 45.9. The second kappa shape index (κ2) is 18.7. The number of rotatable bonds is 11. The van der Waals surface area contributed by atoms with E-state index in [4.69, 9.17) is 29.4 Å². The lowest BCUT2D eigenvalue weighted by Gasteiger charge is -2.47. The van der Waals surface area contributed by atoms with E-state index < -0.39 is 65.7 Å². The molecular weight excluding hydrogens is 745 g/mol. The first-order valence-electron chi connectivity index (χ1n) is 21.0. The zero-order chi connectivity index (χ0) is 42.7. The predicted molar refractivity (Wildman–Crippen MR) is 218 cm³/mol. The molecule has 3 aliphatic rings. The maximum Gasteiger partial charge on any atom is 0.410 e. The fourth-order valence-electron chi connectivity index (χ4n) is 9.83. The van der Waals surface area contributed by atoms with Gasteiger partial charge in [-0.2, -0.15) is 0 Å².